The van der Waals surface area contributed by atoms with E-state index < -0.39 is 5.97 Å². The lowest BCUT2D eigenvalue weighted by atomic mass is 10.1. The van der Waals surface area contributed by atoms with Gasteiger partial charge in [0, 0.05) is 18.2 Å². The summed E-state index contributed by atoms with van der Waals surface area (Å²) in [7, 11) is 0. The highest BCUT2D eigenvalue weighted by Gasteiger charge is 2.20. The molecule has 0 saturated heterocycles. The molecule has 0 aliphatic heterocycles. The molecule has 1 rings (SSSR count). The summed E-state index contributed by atoms with van der Waals surface area (Å²) >= 11 is 0. The molecule has 0 heterocycles. The number of rotatable bonds is 5. The molecule has 0 atom stereocenters. The van der Waals surface area contributed by atoms with Crippen molar-refractivity contribution in [3.63, 3.8) is 0 Å². The van der Waals surface area contributed by atoms with Crippen LogP contribution >= 0.6 is 0 Å². The minimum absolute atomic E-state index is 0.0498. The summed E-state index contributed by atoms with van der Waals surface area (Å²) in [5.41, 5.74) is 2.90. The van der Waals surface area contributed by atoms with Crippen molar-refractivity contribution < 1.29 is 14.7 Å². The van der Waals surface area contributed by atoms with Crippen molar-refractivity contribution in [2.24, 2.45) is 5.92 Å². The summed E-state index contributed by atoms with van der Waals surface area (Å²) in [5, 5.41) is 8.80. The number of hydrogen-bond acceptors (Lipinski definition) is 2. The summed E-state index contributed by atoms with van der Waals surface area (Å²) in [6.45, 7) is 7.77. The molecule has 1 aromatic carbocycles. The van der Waals surface area contributed by atoms with Gasteiger partial charge in [-0.1, -0.05) is 19.9 Å². The molecule has 0 fully saturated rings. The minimum Gasteiger partial charge on any atom is -0.481 e. The van der Waals surface area contributed by atoms with Gasteiger partial charge in [-0.3, -0.25) is 9.59 Å². The molecule has 4 heteroatoms. The van der Waals surface area contributed by atoms with E-state index >= 15 is 0 Å². The van der Waals surface area contributed by atoms with Crippen LogP contribution in [0.2, 0.25) is 0 Å². The van der Waals surface area contributed by atoms with E-state index in [-0.39, 0.29) is 24.8 Å². The third-order valence-corrected chi connectivity index (χ3v) is 2.83. The van der Waals surface area contributed by atoms with Crippen LogP contribution in [0.4, 0.5) is 5.69 Å². The van der Waals surface area contributed by atoms with Crippen LogP contribution in [-0.4, -0.2) is 23.5 Å². The molecule has 0 unspecified atom stereocenters. The smallest absolute Gasteiger partial charge is 0.305 e. The number of carboxylic acids is 1. The number of hydrogen-bond donors (Lipinski definition) is 1. The molecule has 0 saturated carbocycles. The van der Waals surface area contributed by atoms with Crippen LogP contribution in [0.25, 0.3) is 0 Å². The molecular formula is C15H21NO3. The van der Waals surface area contributed by atoms with Crippen LogP contribution in [0.5, 0.6) is 0 Å². The Balaban J connectivity index is 3.07. The zero-order valence-electron chi connectivity index (χ0n) is 11.9. The van der Waals surface area contributed by atoms with Crippen molar-refractivity contribution in [3.8, 4) is 0 Å². The van der Waals surface area contributed by atoms with Gasteiger partial charge in [0.15, 0.2) is 0 Å². The fourth-order valence-electron chi connectivity index (χ4n) is 1.99. The lowest BCUT2D eigenvalue weighted by Crippen LogP contribution is -2.36. The second-order valence-electron chi connectivity index (χ2n) is 5.13. The molecule has 0 aromatic heterocycles. The topological polar surface area (TPSA) is 57.6 Å². The Bertz CT molecular complexity index is 460. The Labute approximate surface area is 114 Å². The number of carboxylic acid groups (broad SMARTS) is 1. The number of aryl methyl sites for hydroxylation is 2. The maximum Gasteiger partial charge on any atom is 0.305 e. The first-order chi connectivity index (χ1) is 8.81. The van der Waals surface area contributed by atoms with Gasteiger partial charge in [0.25, 0.3) is 0 Å². The number of nitrogens with zero attached hydrogens (tertiary/aromatic N) is 1. The lowest BCUT2D eigenvalue weighted by Gasteiger charge is -2.25. The Hall–Kier alpha value is -1.84. The fourth-order valence-corrected chi connectivity index (χ4v) is 1.99. The van der Waals surface area contributed by atoms with Crippen molar-refractivity contribution >= 4 is 17.6 Å². The summed E-state index contributed by atoms with van der Waals surface area (Å²) in [4.78, 5) is 24.5. The Kier molecular flexibility index (Phi) is 5.10. The molecule has 0 aliphatic rings. The molecule has 1 amide bonds. The van der Waals surface area contributed by atoms with E-state index in [9.17, 15) is 9.59 Å². The van der Waals surface area contributed by atoms with E-state index in [0.717, 1.165) is 16.8 Å². The van der Waals surface area contributed by atoms with Crippen LogP contribution in [0.3, 0.4) is 0 Å². The maximum absolute atomic E-state index is 12.2. The van der Waals surface area contributed by atoms with Crippen LogP contribution in [0.1, 0.15) is 31.4 Å². The maximum atomic E-state index is 12.2. The predicted molar refractivity (Wildman–Crippen MR) is 75.4 cm³/mol. The summed E-state index contributed by atoms with van der Waals surface area (Å²) < 4.78 is 0. The molecule has 104 valence electrons. The average Bonchev–Trinajstić information content (AvgIpc) is 2.27. The molecule has 1 N–H and O–H groups in total. The summed E-state index contributed by atoms with van der Waals surface area (Å²) in [6.07, 6.45) is -0.0501. The first-order valence-electron chi connectivity index (χ1n) is 6.42. The van der Waals surface area contributed by atoms with Gasteiger partial charge in [0.1, 0.15) is 0 Å². The Morgan fingerprint density at radius 1 is 1.16 bits per heavy atom. The summed E-state index contributed by atoms with van der Waals surface area (Å²) in [6, 6.07) is 5.85. The van der Waals surface area contributed by atoms with E-state index in [1.165, 1.54) is 0 Å². The zero-order valence-corrected chi connectivity index (χ0v) is 11.9. The van der Waals surface area contributed by atoms with Gasteiger partial charge >= 0.3 is 5.97 Å². The fraction of sp³-hybridized carbons (Fsp3) is 0.467. The van der Waals surface area contributed by atoms with Crippen LogP contribution in [-0.2, 0) is 9.59 Å². The first-order valence-corrected chi connectivity index (χ1v) is 6.42. The SMILES string of the molecule is Cc1cc(C)cc(N(CCC(=O)O)C(=O)C(C)C)c1. The van der Waals surface area contributed by atoms with Gasteiger partial charge < -0.3 is 10.0 Å². The average molecular weight is 263 g/mol. The molecule has 0 spiro atoms. The van der Waals surface area contributed by atoms with Crippen molar-refractivity contribution in [3.05, 3.63) is 29.3 Å². The third kappa shape index (κ3) is 4.39. The van der Waals surface area contributed by atoms with E-state index in [2.05, 4.69) is 0 Å². The number of benzene rings is 1. The number of carbonyl (C=O) groups is 2. The normalized spacial score (nSPS) is 10.6. The number of anilines is 1. The van der Waals surface area contributed by atoms with Crippen LogP contribution in [0.15, 0.2) is 18.2 Å². The molecule has 0 radical (unpaired) electrons. The monoisotopic (exact) mass is 263 g/mol. The molecule has 0 bridgehead atoms. The Morgan fingerprint density at radius 2 is 1.68 bits per heavy atom. The van der Waals surface area contributed by atoms with E-state index in [1.807, 2.05) is 45.9 Å². The first kappa shape index (κ1) is 15.2. The van der Waals surface area contributed by atoms with Crippen LogP contribution in [0, 0.1) is 19.8 Å². The molecule has 19 heavy (non-hydrogen) atoms. The van der Waals surface area contributed by atoms with Crippen molar-refractivity contribution in [2.75, 3.05) is 11.4 Å². The van der Waals surface area contributed by atoms with Crippen molar-refractivity contribution in [1.82, 2.24) is 0 Å². The van der Waals surface area contributed by atoms with E-state index in [1.54, 1.807) is 4.90 Å². The molecule has 0 aliphatic carbocycles. The van der Waals surface area contributed by atoms with Crippen LogP contribution < -0.4 is 4.90 Å². The largest absolute Gasteiger partial charge is 0.481 e. The third-order valence-electron chi connectivity index (χ3n) is 2.83. The Morgan fingerprint density at radius 3 is 2.11 bits per heavy atom. The van der Waals surface area contributed by atoms with Gasteiger partial charge in [0.05, 0.1) is 6.42 Å². The minimum atomic E-state index is -0.897. The number of carbonyl (C=O) groups excluding carboxylic acids is 1. The number of aliphatic carboxylic acids is 1. The molecule has 4 nitrogen and oxygen atoms in total. The second kappa shape index (κ2) is 6.36. The highest BCUT2D eigenvalue weighted by atomic mass is 16.4. The molecule has 1 aromatic rings. The van der Waals surface area contributed by atoms with E-state index in [4.69, 9.17) is 5.11 Å². The van der Waals surface area contributed by atoms with Gasteiger partial charge in [-0.25, -0.2) is 0 Å². The van der Waals surface area contributed by atoms with Crippen molar-refractivity contribution in [1.29, 1.82) is 0 Å². The highest BCUT2D eigenvalue weighted by molar-refractivity contribution is 5.95. The lowest BCUT2D eigenvalue weighted by molar-refractivity contribution is -0.136. The molecular weight excluding hydrogens is 242 g/mol. The van der Waals surface area contributed by atoms with Gasteiger partial charge in [-0.15, -0.1) is 0 Å². The van der Waals surface area contributed by atoms with Gasteiger partial charge in [-0.05, 0) is 37.1 Å². The van der Waals surface area contributed by atoms with Crippen molar-refractivity contribution in [2.45, 2.75) is 34.1 Å². The predicted octanol–water partition coefficient (Wildman–Crippen LogP) is 2.77. The zero-order chi connectivity index (χ0) is 14.6. The van der Waals surface area contributed by atoms with Gasteiger partial charge in [0.2, 0.25) is 5.91 Å². The van der Waals surface area contributed by atoms with Gasteiger partial charge in [-0.2, -0.15) is 0 Å². The highest BCUT2D eigenvalue weighted by Crippen LogP contribution is 2.21. The quantitative estimate of drug-likeness (QED) is 0.888. The number of amides is 1. The summed E-state index contributed by atoms with van der Waals surface area (Å²) in [5.74, 6) is -1.10. The second-order valence-corrected chi connectivity index (χ2v) is 5.13. The van der Waals surface area contributed by atoms with E-state index in [0.29, 0.717) is 0 Å². The standard InChI is InChI=1S/C15H21NO3/c1-10(2)15(19)16(6-5-14(17)18)13-8-11(3)7-12(4)9-13/h7-10H,5-6H2,1-4H3,(H,17,18).